The standard InChI is InChI=1S/C17H18F3N/c1-2-12-21-16(17(18,19)20)15-10-8-14(9-11-15)13-6-4-3-5-7-13/h3-11,16,21H,2,12H2,1H3. The summed E-state index contributed by atoms with van der Waals surface area (Å²) in [6, 6.07) is 14.5. The fourth-order valence-corrected chi connectivity index (χ4v) is 2.21. The predicted molar refractivity (Wildman–Crippen MR) is 79.0 cm³/mol. The maximum Gasteiger partial charge on any atom is 0.407 e. The van der Waals surface area contributed by atoms with Crippen molar-refractivity contribution in [3.8, 4) is 11.1 Å². The number of nitrogens with one attached hydrogen (secondary N) is 1. The van der Waals surface area contributed by atoms with E-state index in [1.807, 2.05) is 37.3 Å². The first-order valence-corrected chi connectivity index (χ1v) is 6.98. The first-order valence-electron chi connectivity index (χ1n) is 6.98. The van der Waals surface area contributed by atoms with Crippen LogP contribution in [0.1, 0.15) is 24.9 Å². The minimum absolute atomic E-state index is 0.246. The van der Waals surface area contributed by atoms with E-state index in [0.29, 0.717) is 13.0 Å². The molecule has 0 saturated carbocycles. The smallest absolute Gasteiger partial charge is 0.302 e. The molecule has 2 aromatic carbocycles. The normalized spacial score (nSPS) is 13.1. The van der Waals surface area contributed by atoms with Gasteiger partial charge in [0.25, 0.3) is 0 Å². The minimum Gasteiger partial charge on any atom is -0.302 e. The van der Waals surface area contributed by atoms with Gasteiger partial charge in [-0.1, -0.05) is 61.5 Å². The highest BCUT2D eigenvalue weighted by molar-refractivity contribution is 5.63. The van der Waals surface area contributed by atoms with Crippen LogP contribution in [0.25, 0.3) is 11.1 Å². The Morgan fingerprint density at radius 2 is 1.48 bits per heavy atom. The Hall–Kier alpha value is -1.81. The molecule has 0 spiro atoms. The first kappa shape index (κ1) is 15.6. The van der Waals surface area contributed by atoms with Crippen LogP contribution < -0.4 is 5.32 Å². The van der Waals surface area contributed by atoms with Gasteiger partial charge >= 0.3 is 6.18 Å². The zero-order chi connectivity index (χ0) is 15.3. The predicted octanol–water partition coefficient (Wildman–Crippen LogP) is 4.96. The molecule has 0 amide bonds. The molecule has 0 heterocycles. The largest absolute Gasteiger partial charge is 0.407 e. The third-order valence-electron chi connectivity index (χ3n) is 3.28. The molecule has 0 aliphatic rings. The van der Waals surface area contributed by atoms with Crippen LogP contribution in [0.15, 0.2) is 54.6 Å². The van der Waals surface area contributed by atoms with Crippen LogP contribution >= 0.6 is 0 Å². The summed E-state index contributed by atoms with van der Waals surface area (Å²) in [4.78, 5) is 0. The van der Waals surface area contributed by atoms with Crippen molar-refractivity contribution < 1.29 is 13.2 Å². The average Bonchev–Trinajstić information content (AvgIpc) is 2.48. The van der Waals surface area contributed by atoms with E-state index in [1.54, 1.807) is 24.3 Å². The molecule has 1 nitrogen and oxygen atoms in total. The number of halogens is 3. The van der Waals surface area contributed by atoms with Crippen LogP contribution in [0.2, 0.25) is 0 Å². The van der Waals surface area contributed by atoms with E-state index in [1.165, 1.54) is 0 Å². The van der Waals surface area contributed by atoms with Gasteiger partial charge < -0.3 is 5.32 Å². The Bertz CT molecular complexity index is 546. The Morgan fingerprint density at radius 3 is 2.00 bits per heavy atom. The average molecular weight is 293 g/mol. The number of hydrogen-bond acceptors (Lipinski definition) is 1. The minimum atomic E-state index is -4.29. The highest BCUT2D eigenvalue weighted by atomic mass is 19.4. The Balaban J connectivity index is 2.23. The fraction of sp³-hybridized carbons (Fsp3) is 0.294. The van der Waals surface area contributed by atoms with Gasteiger partial charge in [0, 0.05) is 0 Å². The molecule has 4 heteroatoms. The molecule has 2 rings (SSSR count). The summed E-state index contributed by atoms with van der Waals surface area (Å²) in [5.74, 6) is 0. The van der Waals surface area contributed by atoms with Gasteiger partial charge in [-0.15, -0.1) is 0 Å². The third-order valence-corrected chi connectivity index (χ3v) is 3.28. The topological polar surface area (TPSA) is 12.0 Å². The summed E-state index contributed by atoms with van der Waals surface area (Å²) in [5, 5.41) is 2.56. The second-order valence-electron chi connectivity index (χ2n) is 4.92. The van der Waals surface area contributed by atoms with Crippen molar-refractivity contribution in [2.24, 2.45) is 0 Å². The SMILES string of the molecule is CCCNC(c1ccc(-c2ccccc2)cc1)C(F)(F)F. The van der Waals surface area contributed by atoms with E-state index in [0.717, 1.165) is 11.1 Å². The molecule has 1 N–H and O–H groups in total. The van der Waals surface area contributed by atoms with Crippen LogP contribution in [0.4, 0.5) is 13.2 Å². The molecule has 0 saturated heterocycles. The van der Waals surface area contributed by atoms with E-state index in [-0.39, 0.29) is 5.56 Å². The van der Waals surface area contributed by atoms with Gasteiger partial charge in [-0.25, -0.2) is 0 Å². The van der Waals surface area contributed by atoms with E-state index in [4.69, 9.17) is 0 Å². The van der Waals surface area contributed by atoms with Gasteiger partial charge in [-0.2, -0.15) is 13.2 Å². The Kier molecular flexibility index (Phi) is 5.02. The molecular weight excluding hydrogens is 275 g/mol. The molecule has 1 atom stereocenters. The van der Waals surface area contributed by atoms with E-state index in [2.05, 4.69) is 5.32 Å². The highest BCUT2D eigenvalue weighted by Crippen LogP contribution is 2.33. The van der Waals surface area contributed by atoms with Crippen LogP contribution in [-0.2, 0) is 0 Å². The zero-order valence-corrected chi connectivity index (χ0v) is 11.8. The summed E-state index contributed by atoms with van der Waals surface area (Å²) in [5.41, 5.74) is 2.15. The third kappa shape index (κ3) is 4.08. The van der Waals surface area contributed by atoms with Gasteiger partial charge in [-0.05, 0) is 29.7 Å². The number of alkyl halides is 3. The maximum atomic E-state index is 13.1. The Morgan fingerprint density at radius 1 is 0.905 bits per heavy atom. The summed E-state index contributed by atoms with van der Waals surface area (Å²) in [7, 11) is 0. The zero-order valence-electron chi connectivity index (χ0n) is 11.8. The quantitative estimate of drug-likeness (QED) is 0.822. The van der Waals surface area contributed by atoms with E-state index in [9.17, 15) is 13.2 Å². The van der Waals surface area contributed by atoms with Crippen LogP contribution in [0, 0.1) is 0 Å². The van der Waals surface area contributed by atoms with Crippen molar-refractivity contribution in [1.82, 2.24) is 5.32 Å². The van der Waals surface area contributed by atoms with Gasteiger partial charge in [0.2, 0.25) is 0 Å². The molecule has 0 radical (unpaired) electrons. The summed E-state index contributed by atoms with van der Waals surface area (Å²) < 4.78 is 39.3. The molecule has 21 heavy (non-hydrogen) atoms. The van der Waals surface area contributed by atoms with Crippen molar-refractivity contribution in [3.05, 3.63) is 60.2 Å². The molecule has 0 fully saturated rings. The van der Waals surface area contributed by atoms with Gasteiger partial charge in [0.05, 0.1) is 0 Å². The van der Waals surface area contributed by atoms with Crippen molar-refractivity contribution in [2.45, 2.75) is 25.6 Å². The van der Waals surface area contributed by atoms with Crippen LogP contribution in [0.5, 0.6) is 0 Å². The fourth-order valence-electron chi connectivity index (χ4n) is 2.21. The van der Waals surface area contributed by atoms with Gasteiger partial charge in [-0.3, -0.25) is 0 Å². The lowest BCUT2D eigenvalue weighted by molar-refractivity contribution is -0.157. The molecule has 0 aromatic heterocycles. The van der Waals surface area contributed by atoms with Crippen molar-refractivity contribution in [1.29, 1.82) is 0 Å². The number of benzene rings is 2. The first-order chi connectivity index (χ1) is 10.0. The molecule has 112 valence electrons. The second kappa shape index (κ2) is 6.76. The summed E-state index contributed by atoms with van der Waals surface area (Å²) >= 11 is 0. The van der Waals surface area contributed by atoms with Crippen molar-refractivity contribution in [2.75, 3.05) is 6.54 Å². The summed E-state index contributed by atoms with van der Waals surface area (Å²) in [6.07, 6.45) is -3.63. The van der Waals surface area contributed by atoms with Gasteiger partial charge in [0.15, 0.2) is 0 Å². The molecule has 0 aliphatic heterocycles. The van der Waals surface area contributed by atoms with E-state index < -0.39 is 12.2 Å². The lowest BCUT2D eigenvalue weighted by atomic mass is 10.0. The molecule has 0 bridgehead atoms. The van der Waals surface area contributed by atoms with E-state index >= 15 is 0 Å². The van der Waals surface area contributed by atoms with Crippen molar-refractivity contribution >= 4 is 0 Å². The maximum absolute atomic E-state index is 13.1. The monoisotopic (exact) mass is 293 g/mol. The number of hydrogen-bond donors (Lipinski definition) is 1. The molecule has 2 aromatic rings. The number of rotatable bonds is 5. The van der Waals surface area contributed by atoms with Gasteiger partial charge in [0.1, 0.15) is 6.04 Å². The highest BCUT2D eigenvalue weighted by Gasteiger charge is 2.40. The Labute approximate surface area is 122 Å². The molecule has 0 aliphatic carbocycles. The second-order valence-corrected chi connectivity index (χ2v) is 4.92. The molecule has 1 unspecified atom stereocenters. The molecular formula is C17H18F3N. The van der Waals surface area contributed by atoms with Crippen molar-refractivity contribution in [3.63, 3.8) is 0 Å². The lowest BCUT2D eigenvalue weighted by Gasteiger charge is -2.22. The summed E-state index contributed by atoms with van der Waals surface area (Å²) in [6.45, 7) is 2.18. The van der Waals surface area contributed by atoms with Crippen LogP contribution in [-0.4, -0.2) is 12.7 Å². The lowest BCUT2D eigenvalue weighted by Crippen LogP contribution is -2.34. The van der Waals surface area contributed by atoms with Crippen LogP contribution in [0.3, 0.4) is 0 Å².